The van der Waals surface area contributed by atoms with Gasteiger partial charge in [-0.25, -0.2) is 17.2 Å². The van der Waals surface area contributed by atoms with Crippen molar-refractivity contribution in [3.05, 3.63) is 92.4 Å². The Balaban J connectivity index is 1.66. The molecule has 12 heteroatoms. The van der Waals surface area contributed by atoms with Crippen molar-refractivity contribution in [3.8, 4) is 5.75 Å². The van der Waals surface area contributed by atoms with Gasteiger partial charge in [-0.2, -0.15) is 0 Å². The van der Waals surface area contributed by atoms with E-state index in [2.05, 4.69) is 5.32 Å². The predicted octanol–water partition coefficient (Wildman–Crippen LogP) is 4.94. The zero-order valence-corrected chi connectivity index (χ0v) is 19.6. The van der Waals surface area contributed by atoms with Gasteiger partial charge in [-0.1, -0.05) is 23.9 Å². The van der Waals surface area contributed by atoms with Gasteiger partial charge in [0.1, 0.15) is 11.6 Å². The van der Waals surface area contributed by atoms with Gasteiger partial charge in [0, 0.05) is 16.5 Å². The fourth-order valence-corrected chi connectivity index (χ4v) is 5.82. The number of hydrogen-bond acceptors (Lipinski definition) is 7. The van der Waals surface area contributed by atoms with Crippen LogP contribution in [0.2, 0.25) is 0 Å². The van der Waals surface area contributed by atoms with Crippen LogP contribution in [0, 0.1) is 21.7 Å². The van der Waals surface area contributed by atoms with Gasteiger partial charge in [0.05, 0.1) is 33.3 Å². The van der Waals surface area contributed by atoms with Crippen LogP contribution < -0.4 is 10.1 Å². The van der Waals surface area contributed by atoms with Crippen molar-refractivity contribution in [2.45, 2.75) is 15.5 Å². The maximum atomic E-state index is 14.0. The highest BCUT2D eigenvalue weighted by atomic mass is 32.2. The summed E-state index contributed by atoms with van der Waals surface area (Å²) < 4.78 is 58.7. The van der Waals surface area contributed by atoms with Crippen LogP contribution in [0.4, 0.5) is 20.2 Å². The minimum atomic E-state index is -4.12. The lowest BCUT2D eigenvalue weighted by molar-refractivity contribution is -0.385. The molecule has 0 saturated heterocycles. The molecule has 4 rings (SSSR count). The first-order valence-corrected chi connectivity index (χ1v) is 12.4. The summed E-state index contributed by atoms with van der Waals surface area (Å²) in [7, 11) is -2.82. The Labute approximate surface area is 202 Å². The van der Waals surface area contributed by atoms with Crippen LogP contribution in [0.1, 0.15) is 11.1 Å². The molecule has 0 unspecified atom stereocenters. The molecule has 1 aliphatic heterocycles. The third-order valence-corrected chi connectivity index (χ3v) is 7.82. The summed E-state index contributed by atoms with van der Waals surface area (Å²) in [5.41, 5.74) is -0.128. The number of halogens is 2. The van der Waals surface area contributed by atoms with Crippen LogP contribution in [0.15, 0.2) is 69.3 Å². The molecule has 1 amide bonds. The summed E-state index contributed by atoms with van der Waals surface area (Å²) >= 11 is 0.962. The van der Waals surface area contributed by atoms with Crippen molar-refractivity contribution in [2.24, 2.45) is 0 Å². The number of sulfone groups is 1. The molecule has 35 heavy (non-hydrogen) atoms. The summed E-state index contributed by atoms with van der Waals surface area (Å²) in [5, 5.41) is 13.9. The van der Waals surface area contributed by atoms with E-state index in [-0.39, 0.29) is 21.2 Å². The number of nitro groups is 1. The second kappa shape index (κ2) is 9.47. The highest BCUT2D eigenvalue weighted by Crippen LogP contribution is 2.41. The lowest BCUT2D eigenvalue weighted by Gasteiger charge is -2.19. The average molecular weight is 519 g/mol. The van der Waals surface area contributed by atoms with Crippen molar-refractivity contribution in [1.82, 2.24) is 0 Å². The molecular weight excluding hydrogens is 502 g/mol. The first-order valence-electron chi connectivity index (χ1n) is 9.92. The molecule has 0 saturated carbocycles. The molecule has 3 aromatic carbocycles. The Hall–Kier alpha value is -3.77. The van der Waals surface area contributed by atoms with Crippen LogP contribution >= 0.6 is 11.8 Å². The number of nitro benzene ring substituents is 1. The fourth-order valence-electron chi connectivity index (χ4n) is 3.36. The quantitative estimate of drug-likeness (QED) is 0.279. The van der Waals surface area contributed by atoms with E-state index >= 15 is 0 Å². The van der Waals surface area contributed by atoms with Crippen molar-refractivity contribution >= 4 is 45.0 Å². The summed E-state index contributed by atoms with van der Waals surface area (Å²) in [5.74, 6) is -3.23. The number of amides is 1. The second-order valence-electron chi connectivity index (χ2n) is 7.37. The van der Waals surface area contributed by atoms with Crippen LogP contribution in [0.5, 0.6) is 5.75 Å². The van der Waals surface area contributed by atoms with E-state index in [0.29, 0.717) is 16.1 Å². The van der Waals surface area contributed by atoms with Gasteiger partial charge >= 0.3 is 5.69 Å². The van der Waals surface area contributed by atoms with E-state index in [1.54, 1.807) is 0 Å². The number of carbonyl (C=O) groups excluding carboxylic acids is 1. The molecule has 8 nitrogen and oxygen atoms in total. The predicted molar refractivity (Wildman–Crippen MR) is 126 cm³/mol. The molecule has 0 spiro atoms. The molecule has 3 aromatic rings. The number of anilines is 1. The smallest absolute Gasteiger partial charge is 0.311 e. The molecule has 0 fully saturated rings. The minimum absolute atomic E-state index is 0.0596. The third kappa shape index (κ3) is 5.03. The zero-order valence-electron chi connectivity index (χ0n) is 17.9. The van der Waals surface area contributed by atoms with Crippen molar-refractivity contribution in [3.63, 3.8) is 0 Å². The number of thioether (sulfide) groups is 1. The normalized spacial score (nSPS) is 14.4. The fraction of sp³-hybridized carbons (Fsp3) is 0.0870. The molecule has 1 N–H and O–H groups in total. The van der Waals surface area contributed by atoms with Crippen molar-refractivity contribution in [1.29, 1.82) is 0 Å². The number of ether oxygens (including phenoxy) is 1. The molecular formula is C23H16F2N2O6S2. The van der Waals surface area contributed by atoms with Gasteiger partial charge < -0.3 is 10.1 Å². The van der Waals surface area contributed by atoms with Gasteiger partial charge in [-0.3, -0.25) is 14.9 Å². The SMILES string of the molecule is COc1ccc(/C=C2/Sc3cc(S(=O)(=O)Cc4c(F)cccc4F)ccc3NC2=O)cc1[N+](=O)[O-]. The molecule has 0 aromatic heterocycles. The monoisotopic (exact) mass is 518 g/mol. The number of benzene rings is 3. The summed E-state index contributed by atoms with van der Waals surface area (Å²) in [4.78, 5) is 23.6. The van der Waals surface area contributed by atoms with Gasteiger partial charge in [0.2, 0.25) is 0 Å². The van der Waals surface area contributed by atoms with Crippen molar-refractivity contribution < 1.29 is 31.7 Å². The van der Waals surface area contributed by atoms with E-state index in [0.717, 1.165) is 30.0 Å². The Kier molecular flexibility index (Phi) is 6.59. The summed E-state index contributed by atoms with van der Waals surface area (Å²) in [6, 6.07) is 11.2. The maximum absolute atomic E-state index is 14.0. The highest BCUT2D eigenvalue weighted by molar-refractivity contribution is 8.04. The lowest BCUT2D eigenvalue weighted by Crippen LogP contribution is -2.18. The maximum Gasteiger partial charge on any atom is 0.311 e. The van der Waals surface area contributed by atoms with Crippen LogP contribution in [0.25, 0.3) is 6.08 Å². The molecule has 0 atom stereocenters. The van der Waals surface area contributed by atoms with Crippen molar-refractivity contribution in [2.75, 3.05) is 12.4 Å². The molecule has 0 bridgehead atoms. The topological polar surface area (TPSA) is 116 Å². The number of nitrogens with one attached hydrogen (secondary N) is 1. The number of hydrogen-bond donors (Lipinski definition) is 1. The Morgan fingerprint density at radius 3 is 2.49 bits per heavy atom. The first-order chi connectivity index (χ1) is 16.6. The van der Waals surface area contributed by atoms with Crippen LogP contribution in [-0.2, 0) is 20.4 Å². The lowest BCUT2D eigenvalue weighted by atomic mass is 10.1. The standard InChI is InChI=1S/C23H16F2N2O6S2/c1-33-20-8-5-13(9-19(20)27(29)30)10-22-23(28)26-18-7-6-14(11-21(18)34-22)35(31,32)12-15-16(24)3-2-4-17(15)25/h2-11H,12H2,1H3,(H,26,28)/b22-10+. The number of carbonyl (C=O) groups is 1. The molecule has 180 valence electrons. The number of nitrogens with zero attached hydrogens (tertiary/aromatic N) is 1. The largest absolute Gasteiger partial charge is 0.490 e. The van der Waals surface area contributed by atoms with E-state index in [1.165, 1.54) is 49.6 Å². The number of fused-ring (bicyclic) bond motifs is 1. The average Bonchev–Trinajstić information content (AvgIpc) is 2.81. The van der Waals surface area contributed by atoms with Gasteiger partial charge in [-0.15, -0.1) is 0 Å². The third-order valence-electron chi connectivity index (χ3n) is 5.10. The van der Waals surface area contributed by atoms with Gasteiger partial charge in [0.15, 0.2) is 15.6 Å². The first kappa shape index (κ1) is 24.4. The highest BCUT2D eigenvalue weighted by Gasteiger charge is 2.26. The summed E-state index contributed by atoms with van der Waals surface area (Å²) in [6.45, 7) is 0. The molecule has 1 heterocycles. The molecule has 0 radical (unpaired) electrons. The number of rotatable bonds is 6. The number of methoxy groups -OCH3 is 1. The van der Waals surface area contributed by atoms with E-state index in [9.17, 15) is 32.1 Å². The van der Waals surface area contributed by atoms with E-state index < -0.39 is 43.6 Å². The molecule has 1 aliphatic rings. The van der Waals surface area contributed by atoms with Gasteiger partial charge in [-0.05, 0) is 48.0 Å². The van der Waals surface area contributed by atoms with E-state index in [4.69, 9.17) is 4.74 Å². The van der Waals surface area contributed by atoms with E-state index in [1.807, 2.05) is 0 Å². The second-order valence-corrected chi connectivity index (χ2v) is 10.4. The van der Waals surface area contributed by atoms with Crippen LogP contribution in [0.3, 0.4) is 0 Å². The Bertz CT molecular complexity index is 1490. The minimum Gasteiger partial charge on any atom is -0.490 e. The summed E-state index contributed by atoms with van der Waals surface area (Å²) in [6.07, 6.45) is 1.42. The zero-order chi connectivity index (χ0) is 25.3. The molecule has 0 aliphatic carbocycles. The Morgan fingerprint density at radius 2 is 1.83 bits per heavy atom. The Morgan fingerprint density at radius 1 is 1.11 bits per heavy atom. The van der Waals surface area contributed by atoms with Crippen LogP contribution in [-0.4, -0.2) is 26.4 Å². The van der Waals surface area contributed by atoms with Gasteiger partial charge in [0.25, 0.3) is 5.91 Å².